The highest BCUT2D eigenvalue weighted by molar-refractivity contribution is 5.03. The Balaban J connectivity index is 2.74. The van der Waals surface area contributed by atoms with Gasteiger partial charge in [0.05, 0.1) is 18.1 Å². The molecule has 2 nitrogen and oxygen atoms in total. The van der Waals surface area contributed by atoms with Gasteiger partial charge in [-0.15, -0.1) is 0 Å². The van der Waals surface area contributed by atoms with E-state index in [9.17, 15) is 5.26 Å². The molecule has 0 amide bonds. The molecule has 1 rings (SSSR count). The summed E-state index contributed by atoms with van der Waals surface area (Å²) in [5.41, 5.74) is -0.216. The molecule has 0 radical (unpaired) electrons. The summed E-state index contributed by atoms with van der Waals surface area (Å²) in [5.74, 6) is 0.985. The van der Waals surface area contributed by atoms with Crippen LogP contribution in [-0.4, -0.2) is 13.2 Å². The van der Waals surface area contributed by atoms with Gasteiger partial charge in [-0.3, -0.25) is 0 Å². The summed E-state index contributed by atoms with van der Waals surface area (Å²) in [7, 11) is 0. The van der Waals surface area contributed by atoms with Crippen LogP contribution in [0.15, 0.2) is 0 Å². The van der Waals surface area contributed by atoms with Crippen LogP contribution in [0, 0.1) is 28.6 Å². The van der Waals surface area contributed by atoms with Gasteiger partial charge >= 0.3 is 0 Å². The van der Waals surface area contributed by atoms with Gasteiger partial charge in [-0.1, -0.05) is 20.8 Å². The second-order valence-corrected chi connectivity index (χ2v) is 4.46. The lowest BCUT2D eigenvalue weighted by molar-refractivity contribution is -0.0152. The molecule has 1 heterocycles. The molecule has 0 saturated carbocycles. The highest BCUT2D eigenvalue weighted by Gasteiger charge is 2.39. The van der Waals surface area contributed by atoms with Crippen molar-refractivity contribution in [3.05, 3.63) is 0 Å². The summed E-state index contributed by atoms with van der Waals surface area (Å²) in [4.78, 5) is 0. The van der Waals surface area contributed by atoms with Crippen molar-refractivity contribution >= 4 is 0 Å². The van der Waals surface area contributed by atoms with Crippen LogP contribution in [0.1, 0.15) is 33.6 Å². The van der Waals surface area contributed by atoms with Crippen molar-refractivity contribution < 1.29 is 4.74 Å². The number of ether oxygens (including phenoxy) is 1. The van der Waals surface area contributed by atoms with E-state index in [-0.39, 0.29) is 5.41 Å². The van der Waals surface area contributed by atoms with Crippen LogP contribution in [0.5, 0.6) is 0 Å². The highest BCUT2D eigenvalue weighted by atomic mass is 16.5. The predicted octanol–water partition coefficient (Wildman–Crippen LogP) is 2.60. The molecule has 0 bridgehead atoms. The molecule has 2 unspecified atom stereocenters. The van der Waals surface area contributed by atoms with Crippen LogP contribution < -0.4 is 0 Å². The molecule has 1 aliphatic heterocycles. The van der Waals surface area contributed by atoms with Gasteiger partial charge in [0.2, 0.25) is 0 Å². The Morgan fingerprint density at radius 2 is 2.08 bits per heavy atom. The van der Waals surface area contributed by atoms with Crippen molar-refractivity contribution in [1.29, 1.82) is 5.26 Å². The van der Waals surface area contributed by atoms with Crippen LogP contribution in [-0.2, 0) is 4.74 Å². The van der Waals surface area contributed by atoms with Gasteiger partial charge in [0.25, 0.3) is 0 Å². The van der Waals surface area contributed by atoms with Crippen molar-refractivity contribution in [1.82, 2.24) is 0 Å². The molecule has 2 heteroatoms. The van der Waals surface area contributed by atoms with Gasteiger partial charge in [0.1, 0.15) is 0 Å². The minimum Gasteiger partial charge on any atom is -0.380 e. The van der Waals surface area contributed by atoms with Gasteiger partial charge in [0, 0.05) is 6.61 Å². The third kappa shape index (κ3) is 2.03. The molecule has 0 aliphatic carbocycles. The first-order valence-electron chi connectivity index (χ1n) is 5.11. The van der Waals surface area contributed by atoms with Crippen molar-refractivity contribution in [3.8, 4) is 6.07 Å². The smallest absolute Gasteiger partial charge is 0.0835 e. The number of hydrogen-bond donors (Lipinski definition) is 0. The molecule has 0 aromatic rings. The largest absolute Gasteiger partial charge is 0.380 e. The van der Waals surface area contributed by atoms with E-state index in [1.54, 1.807) is 0 Å². The molecule has 0 aromatic carbocycles. The SMILES string of the molecule is CC(C)C(C)C1(C#N)CCCOC1. The summed E-state index contributed by atoms with van der Waals surface area (Å²) in [5, 5.41) is 9.23. The fraction of sp³-hybridized carbons (Fsp3) is 0.909. The minimum atomic E-state index is -0.216. The van der Waals surface area contributed by atoms with Crippen molar-refractivity contribution in [2.45, 2.75) is 33.6 Å². The Bertz CT molecular complexity index is 199. The lowest BCUT2D eigenvalue weighted by Gasteiger charge is -2.37. The molecule has 0 aromatic heterocycles. The quantitative estimate of drug-likeness (QED) is 0.656. The van der Waals surface area contributed by atoms with Crippen LogP contribution in [0.2, 0.25) is 0 Å². The van der Waals surface area contributed by atoms with Crippen LogP contribution >= 0.6 is 0 Å². The van der Waals surface area contributed by atoms with Crippen molar-refractivity contribution in [3.63, 3.8) is 0 Å². The minimum absolute atomic E-state index is 0.216. The zero-order valence-electron chi connectivity index (χ0n) is 8.84. The average Bonchev–Trinajstić information content (AvgIpc) is 2.17. The Kier molecular flexibility index (Phi) is 3.33. The Morgan fingerprint density at radius 1 is 1.38 bits per heavy atom. The molecule has 1 aliphatic rings. The highest BCUT2D eigenvalue weighted by Crippen LogP contribution is 2.39. The molecule has 0 spiro atoms. The molecule has 74 valence electrons. The summed E-state index contributed by atoms with van der Waals surface area (Å²) < 4.78 is 5.43. The molecule has 13 heavy (non-hydrogen) atoms. The molecular weight excluding hydrogens is 162 g/mol. The van der Waals surface area contributed by atoms with Crippen molar-refractivity contribution in [2.24, 2.45) is 17.3 Å². The number of hydrogen-bond acceptors (Lipinski definition) is 2. The zero-order chi connectivity index (χ0) is 9.90. The number of rotatable bonds is 2. The maximum absolute atomic E-state index is 9.23. The molecular formula is C11H19NO. The van der Waals surface area contributed by atoms with E-state index >= 15 is 0 Å². The Labute approximate surface area is 80.9 Å². The predicted molar refractivity (Wildman–Crippen MR) is 52.1 cm³/mol. The van der Waals surface area contributed by atoms with Crippen LogP contribution in [0.3, 0.4) is 0 Å². The standard InChI is InChI=1S/C11H19NO/c1-9(2)10(3)11(7-12)5-4-6-13-8-11/h9-10H,4-6,8H2,1-3H3. The Hall–Kier alpha value is -0.550. The van der Waals surface area contributed by atoms with Gasteiger partial charge in [0.15, 0.2) is 0 Å². The Morgan fingerprint density at radius 3 is 2.46 bits per heavy atom. The first-order valence-corrected chi connectivity index (χ1v) is 5.11. The molecule has 2 atom stereocenters. The van der Waals surface area contributed by atoms with E-state index in [0.29, 0.717) is 18.4 Å². The number of nitriles is 1. The van der Waals surface area contributed by atoms with E-state index in [1.165, 1.54) is 0 Å². The summed E-state index contributed by atoms with van der Waals surface area (Å²) >= 11 is 0. The maximum Gasteiger partial charge on any atom is 0.0835 e. The topological polar surface area (TPSA) is 33.0 Å². The molecule has 1 saturated heterocycles. The monoisotopic (exact) mass is 181 g/mol. The first kappa shape index (κ1) is 10.5. The zero-order valence-corrected chi connectivity index (χ0v) is 8.84. The average molecular weight is 181 g/mol. The molecule has 1 fully saturated rings. The van der Waals surface area contributed by atoms with Crippen molar-refractivity contribution in [2.75, 3.05) is 13.2 Å². The van der Waals surface area contributed by atoms with E-state index in [4.69, 9.17) is 4.74 Å². The third-order valence-corrected chi connectivity index (χ3v) is 3.37. The van der Waals surface area contributed by atoms with E-state index in [1.807, 2.05) is 0 Å². The number of nitrogens with zero attached hydrogens (tertiary/aromatic N) is 1. The second kappa shape index (κ2) is 4.11. The second-order valence-electron chi connectivity index (χ2n) is 4.46. The van der Waals surface area contributed by atoms with Gasteiger partial charge in [-0.05, 0) is 24.7 Å². The fourth-order valence-electron chi connectivity index (χ4n) is 2.00. The van der Waals surface area contributed by atoms with Gasteiger partial charge < -0.3 is 4.74 Å². The van der Waals surface area contributed by atoms with Gasteiger partial charge in [-0.25, -0.2) is 0 Å². The van der Waals surface area contributed by atoms with Gasteiger partial charge in [-0.2, -0.15) is 5.26 Å². The van der Waals surface area contributed by atoms with E-state index < -0.39 is 0 Å². The normalized spacial score (nSPS) is 31.3. The first-order chi connectivity index (χ1) is 6.12. The maximum atomic E-state index is 9.23. The van der Waals surface area contributed by atoms with Crippen LogP contribution in [0.25, 0.3) is 0 Å². The lowest BCUT2D eigenvalue weighted by Crippen LogP contribution is -2.38. The lowest BCUT2D eigenvalue weighted by atomic mass is 9.69. The summed E-state index contributed by atoms with van der Waals surface area (Å²) in [6.45, 7) is 7.98. The summed E-state index contributed by atoms with van der Waals surface area (Å²) in [6, 6.07) is 2.47. The van der Waals surface area contributed by atoms with Crippen LogP contribution in [0.4, 0.5) is 0 Å². The fourth-order valence-corrected chi connectivity index (χ4v) is 2.00. The molecule has 0 N–H and O–H groups in total. The van der Waals surface area contributed by atoms with E-state index in [0.717, 1.165) is 19.4 Å². The summed E-state index contributed by atoms with van der Waals surface area (Å²) in [6.07, 6.45) is 2.04. The third-order valence-electron chi connectivity index (χ3n) is 3.37. The van der Waals surface area contributed by atoms with E-state index in [2.05, 4.69) is 26.8 Å².